The summed E-state index contributed by atoms with van der Waals surface area (Å²) >= 11 is 0. The van der Waals surface area contributed by atoms with Crippen molar-refractivity contribution in [2.45, 2.75) is 26.0 Å². The largest absolute Gasteiger partial charge is 0.384 e. The lowest BCUT2D eigenvalue weighted by Gasteiger charge is -2.11. The maximum atomic E-state index is 9.91. The molecule has 0 radical (unpaired) electrons. The smallest absolute Gasteiger partial charge is 0.114 e. The molecule has 3 aromatic rings. The Labute approximate surface area is 116 Å². The molecule has 2 aromatic heterocycles. The Kier molecular flexibility index (Phi) is 2.83. The normalized spacial score (nSPS) is 12.2. The lowest BCUT2D eigenvalue weighted by atomic mass is 10.1. The van der Waals surface area contributed by atoms with Gasteiger partial charge in [-0.3, -0.25) is 4.68 Å². The summed E-state index contributed by atoms with van der Waals surface area (Å²) in [6, 6.07) is 8.08. The molecule has 0 unspecified atom stereocenters. The first-order chi connectivity index (χ1) is 9.45. The van der Waals surface area contributed by atoms with Crippen molar-refractivity contribution in [2.75, 3.05) is 0 Å². The zero-order valence-electron chi connectivity index (χ0n) is 11.8. The second kappa shape index (κ2) is 4.42. The third kappa shape index (κ3) is 2.18. The Balaban J connectivity index is 1.96. The summed E-state index contributed by atoms with van der Waals surface area (Å²) in [5, 5.41) is 23.6. The SMILES string of the molecule is Cn1nc(Cn2cc(C(C)(C)O)nn2)c2ccccc21. The van der Waals surface area contributed by atoms with Gasteiger partial charge >= 0.3 is 0 Å². The minimum Gasteiger partial charge on any atom is -0.384 e. The van der Waals surface area contributed by atoms with Gasteiger partial charge in [-0.05, 0) is 19.9 Å². The lowest BCUT2D eigenvalue weighted by molar-refractivity contribution is 0.0737. The van der Waals surface area contributed by atoms with Crippen LogP contribution >= 0.6 is 0 Å². The number of nitrogens with zero attached hydrogens (tertiary/aromatic N) is 5. The summed E-state index contributed by atoms with van der Waals surface area (Å²) in [7, 11) is 1.93. The van der Waals surface area contributed by atoms with Crippen molar-refractivity contribution in [1.29, 1.82) is 0 Å². The van der Waals surface area contributed by atoms with Gasteiger partial charge in [0.05, 0.1) is 24.0 Å². The first-order valence-electron chi connectivity index (χ1n) is 6.49. The van der Waals surface area contributed by atoms with Gasteiger partial charge in [-0.1, -0.05) is 23.4 Å². The molecule has 6 nitrogen and oxygen atoms in total. The summed E-state index contributed by atoms with van der Waals surface area (Å²) in [5.74, 6) is 0. The molecule has 1 N–H and O–H groups in total. The average molecular weight is 271 g/mol. The van der Waals surface area contributed by atoms with Gasteiger partial charge in [0.15, 0.2) is 0 Å². The highest BCUT2D eigenvalue weighted by Crippen LogP contribution is 2.19. The van der Waals surface area contributed by atoms with Crippen molar-refractivity contribution < 1.29 is 5.11 Å². The van der Waals surface area contributed by atoms with E-state index in [0.717, 1.165) is 16.6 Å². The molecule has 0 aliphatic carbocycles. The topological polar surface area (TPSA) is 68.8 Å². The second-order valence-electron chi connectivity index (χ2n) is 5.45. The second-order valence-corrected chi connectivity index (χ2v) is 5.45. The van der Waals surface area contributed by atoms with Crippen LogP contribution in [-0.2, 0) is 19.2 Å². The number of fused-ring (bicyclic) bond motifs is 1. The fourth-order valence-corrected chi connectivity index (χ4v) is 2.21. The summed E-state index contributed by atoms with van der Waals surface area (Å²) < 4.78 is 3.56. The molecule has 0 saturated carbocycles. The number of aliphatic hydroxyl groups is 1. The van der Waals surface area contributed by atoms with E-state index in [4.69, 9.17) is 0 Å². The van der Waals surface area contributed by atoms with Gasteiger partial charge < -0.3 is 5.11 Å². The molecular formula is C14H17N5O. The van der Waals surface area contributed by atoms with E-state index in [9.17, 15) is 5.11 Å². The molecular weight excluding hydrogens is 254 g/mol. The van der Waals surface area contributed by atoms with Crippen molar-refractivity contribution in [3.8, 4) is 0 Å². The number of hydrogen-bond donors (Lipinski definition) is 1. The van der Waals surface area contributed by atoms with Crippen LogP contribution in [-0.4, -0.2) is 29.9 Å². The summed E-state index contributed by atoms with van der Waals surface area (Å²) in [4.78, 5) is 0. The van der Waals surface area contributed by atoms with Crippen LogP contribution < -0.4 is 0 Å². The molecule has 0 spiro atoms. The van der Waals surface area contributed by atoms with Crippen LogP contribution in [0.1, 0.15) is 25.2 Å². The summed E-state index contributed by atoms with van der Waals surface area (Å²) in [5.41, 5.74) is 1.60. The minimum absolute atomic E-state index is 0.532. The number of para-hydroxylation sites is 1. The Bertz CT molecular complexity index is 750. The van der Waals surface area contributed by atoms with Crippen LogP contribution in [0, 0.1) is 0 Å². The minimum atomic E-state index is -0.982. The molecule has 104 valence electrons. The molecule has 0 fully saturated rings. The van der Waals surface area contributed by atoms with E-state index < -0.39 is 5.60 Å². The van der Waals surface area contributed by atoms with Crippen molar-refractivity contribution in [2.24, 2.45) is 7.05 Å². The molecule has 0 bridgehead atoms. The maximum absolute atomic E-state index is 9.91. The lowest BCUT2D eigenvalue weighted by Crippen LogP contribution is -2.15. The van der Waals surface area contributed by atoms with E-state index in [1.807, 2.05) is 36.0 Å². The molecule has 20 heavy (non-hydrogen) atoms. The highest BCUT2D eigenvalue weighted by molar-refractivity contribution is 5.81. The highest BCUT2D eigenvalue weighted by atomic mass is 16.3. The molecule has 1 aromatic carbocycles. The van der Waals surface area contributed by atoms with Gasteiger partial charge in [0.1, 0.15) is 11.3 Å². The van der Waals surface area contributed by atoms with Crippen molar-refractivity contribution in [3.05, 3.63) is 41.9 Å². The Morgan fingerprint density at radius 2 is 2.00 bits per heavy atom. The number of aromatic nitrogens is 5. The molecule has 0 amide bonds. The van der Waals surface area contributed by atoms with E-state index in [0.29, 0.717) is 12.2 Å². The fourth-order valence-electron chi connectivity index (χ4n) is 2.21. The average Bonchev–Trinajstić information content (AvgIpc) is 2.97. The van der Waals surface area contributed by atoms with E-state index >= 15 is 0 Å². The maximum Gasteiger partial charge on any atom is 0.114 e. The van der Waals surface area contributed by atoms with E-state index in [2.05, 4.69) is 15.4 Å². The standard InChI is InChI=1S/C14H17N5O/c1-14(2,20)13-9-19(17-15-13)8-11-10-6-4-5-7-12(10)18(3)16-11/h4-7,9,20H,8H2,1-3H3. The van der Waals surface area contributed by atoms with Gasteiger partial charge in [-0.25, -0.2) is 4.68 Å². The summed E-state index contributed by atoms with van der Waals surface area (Å²) in [6.07, 6.45) is 1.75. The Morgan fingerprint density at radius 3 is 2.70 bits per heavy atom. The molecule has 2 heterocycles. The van der Waals surface area contributed by atoms with Gasteiger partial charge in [-0.15, -0.1) is 5.10 Å². The van der Waals surface area contributed by atoms with Crippen LogP contribution in [0.5, 0.6) is 0 Å². The van der Waals surface area contributed by atoms with E-state index in [1.165, 1.54) is 0 Å². The zero-order valence-corrected chi connectivity index (χ0v) is 11.8. The monoisotopic (exact) mass is 271 g/mol. The number of rotatable bonds is 3. The summed E-state index contributed by atoms with van der Waals surface area (Å²) in [6.45, 7) is 3.92. The van der Waals surface area contributed by atoms with Gasteiger partial charge in [-0.2, -0.15) is 5.10 Å². The molecule has 6 heteroatoms. The van der Waals surface area contributed by atoms with Crippen LogP contribution in [0.3, 0.4) is 0 Å². The van der Waals surface area contributed by atoms with Crippen molar-refractivity contribution in [3.63, 3.8) is 0 Å². The predicted octanol–water partition coefficient (Wildman–Crippen LogP) is 1.44. The number of aryl methyl sites for hydroxylation is 1. The van der Waals surface area contributed by atoms with E-state index in [1.54, 1.807) is 24.7 Å². The third-order valence-electron chi connectivity index (χ3n) is 3.31. The first-order valence-corrected chi connectivity index (χ1v) is 6.49. The Hall–Kier alpha value is -2.21. The molecule has 0 saturated heterocycles. The Morgan fingerprint density at radius 1 is 1.25 bits per heavy atom. The van der Waals surface area contributed by atoms with Crippen LogP contribution in [0.25, 0.3) is 10.9 Å². The molecule has 0 atom stereocenters. The van der Waals surface area contributed by atoms with Crippen molar-refractivity contribution in [1.82, 2.24) is 24.8 Å². The van der Waals surface area contributed by atoms with Gasteiger partial charge in [0, 0.05) is 12.4 Å². The first kappa shape index (κ1) is 12.8. The van der Waals surface area contributed by atoms with Crippen LogP contribution in [0.4, 0.5) is 0 Å². The van der Waals surface area contributed by atoms with Crippen LogP contribution in [0.2, 0.25) is 0 Å². The van der Waals surface area contributed by atoms with Crippen LogP contribution in [0.15, 0.2) is 30.5 Å². The van der Waals surface area contributed by atoms with Crippen molar-refractivity contribution >= 4 is 10.9 Å². The number of hydrogen-bond acceptors (Lipinski definition) is 4. The van der Waals surface area contributed by atoms with Gasteiger partial charge in [0.25, 0.3) is 0 Å². The third-order valence-corrected chi connectivity index (χ3v) is 3.31. The molecule has 0 aliphatic heterocycles. The molecule has 3 rings (SSSR count). The number of benzene rings is 1. The zero-order chi connectivity index (χ0) is 14.3. The van der Waals surface area contributed by atoms with Gasteiger partial charge in [0.2, 0.25) is 0 Å². The molecule has 0 aliphatic rings. The van der Waals surface area contributed by atoms with E-state index in [-0.39, 0.29) is 0 Å². The quantitative estimate of drug-likeness (QED) is 0.782. The fraction of sp³-hybridized carbons (Fsp3) is 0.357. The predicted molar refractivity (Wildman–Crippen MR) is 75.1 cm³/mol. The highest BCUT2D eigenvalue weighted by Gasteiger charge is 2.20.